The number of rotatable bonds is 4. The highest BCUT2D eigenvalue weighted by Crippen LogP contribution is 2.29. The zero-order valence-electron chi connectivity index (χ0n) is 11.7. The van der Waals surface area contributed by atoms with Crippen molar-refractivity contribution in [1.29, 1.82) is 0 Å². The van der Waals surface area contributed by atoms with Crippen LogP contribution in [0.1, 0.15) is 11.1 Å². The van der Waals surface area contributed by atoms with Gasteiger partial charge in [0.15, 0.2) is 0 Å². The summed E-state index contributed by atoms with van der Waals surface area (Å²) < 4.78 is 5.15. The molecule has 1 N–H and O–H groups in total. The number of nitrogens with one attached hydrogen (secondary N) is 1. The van der Waals surface area contributed by atoms with Gasteiger partial charge in [-0.15, -0.1) is 11.3 Å². The quantitative estimate of drug-likeness (QED) is 0.780. The fourth-order valence-electron chi connectivity index (χ4n) is 2.16. The van der Waals surface area contributed by atoms with Crippen LogP contribution in [0.25, 0.3) is 10.2 Å². The van der Waals surface area contributed by atoms with Gasteiger partial charge < -0.3 is 10.1 Å². The number of halogens is 1. The van der Waals surface area contributed by atoms with Crippen LogP contribution in [0.5, 0.6) is 5.75 Å². The first kappa shape index (κ1) is 14.1. The molecule has 1 aromatic carbocycles. The maximum atomic E-state index is 6.14. The van der Waals surface area contributed by atoms with E-state index in [1.807, 2.05) is 18.2 Å². The van der Waals surface area contributed by atoms with Gasteiger partial charge in [-0.05, 0) is 35.6 Å². The average Bonchev–Trinajstić information content (AvgIpc) is 2.87. The van der Waals surface area contributed by atoms with Gasteiger partial charge in [-0.25, -0.2) is 9.97 Å². The largest absolute Gasteiger partial charge is 0.495 e. The first-order valence-electron chi connectivity index (χ1n) is 6.44. The summed E-state index contributed by atoms with van der Waals surface area (Å²) in [5.41, 5.74) is 2.26. The van der Waals surface area contributed by atoms with E-state index in [9.17, 15) is 0 Å². The van der Waals surface area contributed by atoms with Crippen LogP contribution in [0.15, 0.2) is 29.9 Å². The molecule has 0 unspecified atom stereocenters. The summed E-state index contributed by atoms with van der Waals surface area (Å²) >= 11 is 7.77. The molecule has 0 saturated carbocycles. The van der Waals surface area contributed by atoms with E-state index in [1.54, 1.807) is 24.8 Å². The molecule has 0 bridgehead atoms. The highest BCUT2D eigenvalue weighted by Gasteiger charge is 2.08. The van der Waals surface area contributed by atoms with E-state index in [2.05, 4.69) is 27.6 Å². The Labute approximate surface area is 131 Å². The lowest BCUT2D eigenvalue weighted by Crippen LogP contribution is -2.02. The fourth-order valence-corrected chi connectivity index (χ4v) is 3.33. The van der Waals surface area contributed by atoms with Gasteiger partial charge in [0, 0.05) is 6.54 Å². The van der Waals surface area contributed by atoms with Crippen molar-refractivity contribution >= 4 is 39.0 Å². The summed E-state index contributed by atoms with van der Waals surface area (Å²) in [6.07, 6.45) is 1.58. The van der Waals surface area contributed by atoms with Gasteiger partial charge in [0.05, 0.1) is 17.5 Å². The summed E-state index contributed by atoms with van der Waals surface area (Å²) in [4.78, 5) is 9.62. The number of thiophene rings is 1. The van der Waals surface area contributed by atoms with E-state index >= 15 is 0 Å². The topological polar surface area (TPSA) is 47.0 Å². The molecule has 6 heteroatoms. The summed E-state index contributed by atoms with van der Waals surface area (Å²) in [7, 11) is 1.61. The molecule has 0 aliphatic heterocycles. The molecule has 21 heavy (non-hydrogen) atoms. The second-order valence-electron chi connectivity index (χ2n) is 4.64. The maximum absolute atomic E-state index is 6.14. The molecule has 2 heterocycles. The predicted octanol–water partition coefficient (Wildman–Crippen LogP) is 4.27. The van der Waals surface area contributed by atoms with Crippen LogP contribution >= 0.6 is 22.9 Å². The number of benzene rings is 1. The van der Waals surface area contributed by atoms with Crippen LogP contribution in [-0.2, 0) is 6.54 Å². The maximum Gasteiger partial charge on any atom is 0.138 e. The first-order valence-corrected chi connectivity index (χ1v) is 7.70. The molecular weight excluding hydrogens is 306 g/mol. The number of hydrogen-bond donors (Lipinski definition) is 1. The van der Waals surface area contributed by atoms with Crippen molar-refractivity contribution in [3.8, 4) is 5.75 Å². The van der Waals surface area contributed by atoms with Crippen molar-refractivity contribution in [3.05, 3.63) is 46.1 Å². The van der Waals surface area contributed by atoms with Crippen LogP contribution in [-0.4, -0.2) is 17.1 Å². The van der Waals surface area contributed by atoms with Gasteiger partial charge in [0.2, 0.25) is 0 Å². The van der Waals surface area contributed by atoms with E-state index < -0.39 is 0 Å². The number of aryl methyl sites for hydroxylation is 1. The molecule has 0 radical (unpaired) electrons. The standard InChI is InChI=1S/C15H14ClN3OS/c1-9-7-21-15-13(9)14(18-8-19-15)17-6-10-3-4-12(20-2)11(16)5-10/h3-5,7-8H,6H2,1-2H3,(H,17,18,19). The molecule has 108 valence electrons. The molecule has 0 spiro atoms. The lowest BCUT2D eigenvalue weighted by molar-refractivity contribution is 0.415. The Kier molecular flexibility index (Phi) is 3.94. The molecule has 0 atom stereocenters. The van der Waals surface area contributed by atoms with Gasteiger partial charge >= 0.3 is 0 Å². The minimum atomic E-state index is 0.608. The van der Waals surface area contributed by atoms with Gasteiger partial charge in [-0.1, -0.05) is 17.7 Å². The Morgan fingerprint density at radius 2 is 2.19 bits per heavy atom. The van der Waals surface area contributed by atoms with Crippen molar-refractivity contribution in [2.75, 3.05) is 12.4 Å². The highest BCUT2D eigenvalue weighted by molar-refractivity contribution is 7.17. The molecule has 0 aliphatic rings. The van der Waals surface area contributed by atoms with Gasteiger partial charge in [0.1, 0.15) is 22.7 Å². The Hall–Kier alpha value is -1.85. The molecule has 0 amide bonds. The van der Waals surface area contributed by atoms with Crippen molar-refractivity contribution < 1.29 is 4.74 Å². The van der Waals surface area contributed by atoms with Gasteiger partial charge in [-0.3, -0.25) is 0 Å². The molecule has 2 aromatic heterocycles. The molecule has 4 nitrogen and oxygen atoms in total. The van der Waals surface area contributed by atoms with Crippen molar-refractivity contribution in [1.82, 2.24) is 9.97 Å². The lowest BCUT2D eigenvalue weighted by atomic mass is 10.2. The number of aromatic nitrogens is 2. The molecule has 0 fully saturated rings. The molecule has 3 rings (SSSR count). The number of hydrogen-bond acceptors (Lipinski definition) is 5. The van der Waals surface area contributed by atoms with Crippen LogP contribution in [0.2, 0.25) is 5.02 Å². The second kappa shape index (κ2) is 5.87. The number of fused-ring (bicyclic) bond motifs is 1. The average molecular weight is 320 g/mol. The first-order chi connectivity index (χ1) is 10.2. The van der Waals surface area contributed by atoms with Gasteiger partial charge in [-0.2, -0.15) is 0 Å². The van der Waals surface area contributed by atoms with E-state index in [-0.39, 0.29) is 0 Å². The number of anilines is 1. The molecule has 0 aliphatic carbocycles. The third-order valence-corrected chi connectivity index (χ3v) is 4.53. The summed E-state index contributed by atoms with van der Waals surface area (Å²) in [6.45, 7) is 2.71. The molecular formula is C15H14ClN3OS. The van der Waals surface area contributed by atoms with Crippen LogP contribution in [0.3, 0.4) is 0 Å². The normalized spacial score (nSPS) is 10.8. The monoisotopic (exact) mass is 319 g/mol. The lowest BCUT2D eigenvalue weighted by Gasteiger charge is -2.09. The summed E-state index contributed by atoms with van der Waals surface area (Å²) in [5, 5.41) is 7.14. The second-order valence-corrected chi connectivity index (χ2v) is 5.91. The SMILES string of the molecule is COc1ccc(CNc2ncnc3scc(C)c23)cc1Cl. The Morgan fingerprint density at radius 1 is 1.33 bits per heavy atom. The Bertz CT molecular complexity index is 788. The number of nitrogens with zero attached hydrogens (tertiary/aromatic N) is 2. The van der Waals surface area contributed by atoms with E-state index in [0.717, 1.165) is 21.6 Å². The van der Waals surface area contributed by atoms with E-state index in [4.69, 9.17) is 16.3 Å². The Balaban J connectivity index is 1.83. The van der Waals surface area contributed by atoms with Crippen molar-refractivity contribution in [3.63, 3.8) is 0 Å². The van der Waals surface area contributed by atoms with Crippen molar-refractivity contribution in [2.45, 2.75) is 13.5 Å². The van der Waals surface area contributed by atoms with Crippen LogP contribution < -0.4 is 10.1 Å². The van der Waals surface area contributed by atoms with Crippen LogP contribution in [0.4, 0.5) is 5.82 Å². The van der Waals surface area contributed by atoms with Crippen molar-refractivity contribution in [2.24, 2.45) is 0 Å². The smallest absolute Gasteiger partial charge is 0.138 e. The minimum absolute atomic E-state index is 0.608. The minimum Gasteiger partial charge on any atom is -0.495 e. The predicted molar refractivity (Wildman–Crippen MR) is 87.5 cm³/mol. The third-order valence-electron chi connectivity index (χ3n) is 3.23. The molecule has 3 aromatic rings. The van der Waals surface area contributed by atoms with E-state index in [1.165, 1.54) is 5.56 Å². The molecule has 0 saturated heterocycles. The van der Waals surface area contributed by atoms with Gasteiger partial charge in [0.25, 0.3) is 0 Å². The van der Waals surface area contributed by atoms with Crippen LogP contribution in [0, 0.1) is 6.92 Å². The zero-order valence-corrected chi connectivity index (χ0v) is 13.3. The summed E-state index contributed by atoms with van der Waals surface area (Å²) in [6, 6.07) is 5.74. The summed E-state index contributed by atoms with van der Waals surface area (Å²) in [5.74, 6) is 1.53. The third kappa shape index (κ3) is 2.80. The zero-order chi connectivity index (χ0) is 14.8. The fraction of sp³-hybridized carbons (Fsp3) is 0.200. The number of methoxy groups -OCH3 is 1. The number of ether oxygens (including phenoxy) is 1. The highest BCUT2D eigenvalue weighted by atomic mass is 35.5. The van der Waals surface area contributed by atoms with E-state index in [0.29, 0.717) is 17.3 Å². The Morgan fingerprint density at radius 3 is 2.95 bits per heavy atom.